The molecule has 0 bridgehead atoms. The Kier molecular flexibility index (Phi) is 4.42. The Morgan fingerprint density at radius 2 is 2.00 bits per heavy atom. The fraction of sp³-hybridized carbons (Fsp3) is 0.235. The van der Waals surface area contributed by atoms with Crippen LogP contribution in [0, 0.1) is 11.3 Å². The van der Waals surface area contributed by atoms with Crippen LogP contribution in [0.4, 0.5) is 24.7 Å². The molecule has 1 aromatic carbocycles. The fourth-order valence-electron chi connectivity index (χ4n) is 2.62. The number of fused-ring (bicyclic) bond motifs is 1. The molecule has 3 aromatic rings. The van der Waals surface area contributed by atoms with Gasteiger partial charge in [0.15, 0.2) is 5.82 Å². The molecule has 0 amide bonds. The van der Waals surface area contributed by atoms with Crippen molar-refractivity contribution in [2.24, 2.45) is 0 Å². The maximum absolute atomic E-state index is 12.7. The van der Waals surface area contributed by atoms with Gasteiger partial charge in [-0.3, -0.25) is 9.48 Å². The molecule has 2 N–H and O–H groups in total. The van der Waals surface area contributed by atoms with Crippen LogP contribution in [0.3, 0.4) is 0 Å². The maximum Gasteiger partial charge on any atom is 0.416 e. The fourth-order valence-corrected chi connectivity index (χ4v) is 2.62. The van der Waals surface area contributed by atoms with E-state index in [-0.39, 0.29) is 29.2 Å². The molecule has 0 unspecified atom stereocenters. The summed E-state index contributed by atoms with van der Waals surface area (Å²) in [4.78, 5) is 14.8. The third kappa shape index (κ3) is 3.26. The molecule has 6 nitrogen and oxygen atoms in total. The van der Waals surface area contributed by atoms with E-state index >= 15 is 0 Å². The molecule has 0 aliphatic rings. The molecule has 134 valence electrons. The lowest BCUT2D eigenvalue weighted by molar-refractivity contribution is -0.137. The first-order valence-electron chi connectivity index (χ1n) is 7.72. The van der Waals surface area contributed by atoms with Gasteiger partial charge in [-0.25, -0.2) is 0 Å². The van der Waals surface area contributed by atoms with Crippen LogP contribution in [0.15, 0.2) is 41.3 Å². The Labute approximate surface area is 145 Å². The number of alkyl halides is 3. The summed E-state index contributed by atoms with van der Waals surface area (Å²) in [5.74, 6) is 0.214. The van der Waals surface area contributed by atoms with E-state index in [1.807, 2.05) is 0 Å². The Morgan fingerprint density at radius 3 is 2.62 bits per heavy atom. The minimum absolute atomic E-state index is 0.198. The number of halogens is 3. The summed E-state index contributed by atoms with van der Waals surface area (Å²) in [6, 6.07) is 7.87. The first-order valence-corrected chi connectivity index (χ1v) is 7.72. The van der Waals surface area contributed by atoms with Crippen molar-refractivity contribution in [3.8, 4) is 6.07 Å². The molecule has 0 aliphatic carbocycles. The van der Waals surface area contributed by atoms with E-state index < -0.39 is 11.7 Å². The van der Waals surface area contributed by atoms with Gasteiger partial charge in [-0.1, -0.05) is 0 Å². The summed E-state index contributed by atoms with van der Waals surface area (Å²) in [6.45, 7) is 1.79. The van der Waals surface area contributed by atoms with Crippen LogP contribution in [0.25, 0.3) is 10.9 Å². The summed E-state index contributed by atoms with van der Waals surface area (Å²) in [7, 11) is 0. The summed E-state index contributed by atoms with van der Waals surface area (Å²) in [5.41, 5.74) is -0.252. The molecule has 0 saturated carbocycles. The summed E-state index contributed by atoms with van der Waals surface area (Å²) in [6.07, 6.45) is -2.75. The molecule has 1 atom stereocenters. The number of H-pyrrole nitrogens is 1. The number of nitriles is 1. The predicted octanol–water partition coefficient (Wildman–Crippen LogP) is 3.96. The Hall–Kier alpha value is -3.28. The first-order chi connectivity index (χ1) is 12.3. The second-order valence-electron chi connectivity index (χ2n) is 5.77. The average molecular weight is 361 g/mol. The topological polar surface area (TPSA) is 86.5 Å². The monoisotopic (exact) mass is 361 g/mol. The zero-order valence-corrected chi connectivity index (χ0v) is 13.6. The number of hydrogen-bond donors (Lipinski definition) is 2. The summed E-state index contributed by atoms with van der Waals surface area (Å²) in [5, 5.41) is 16.4. The highest BCUT2D eigenvalue weighted by Crippen LogP contribution is 2.31. The van der Waals surface area contributed by atoms with Gasteiger partial charge in [0.05, 0.1) is 29.6 Å². The van der Waals surface area contributed by atoms with Crippen LogP contribution in [0.1, 0.15) is 24.9 Å². The van der Waals surface area contributed by atoms with Gasteiger partial charge in [-0.15, -0.1) is 0 Å². The van der Waals surface area contributed by atoms with Crippen molar-refractivity contribution in [1.82, 2.24) is 14.8 Å². The number of pyridine rings is 1. The largest absolute Gasteiger partial charge is 0.416 e. The van der Waals surface area contributed by atoms with E-state index in [1.54, 1.807) is 17.7 Å². The number of aromatic nitrogens is 3. The number of aromatic amines is 1. The summed E-state index contributed by atoms with van der Waals surface area (Å²) < 4.78 is 39.5. The molecule has 0 fully saturated rings. The van der Waals surface area contributed by atoms with Crippen molar-refractivity contribution in [1.29, 1.82) is 5.26 Å². The Morgan fingerprint density at radius 1 is 1.31 bits per heavy atom. The van der Waals surface area contributed by atoms with Gasteiger partial charge in [0.1, 0.15) is 5.39 Å². The van der Waals surface area contributed by atoms with Crippen molar-refractivity contribution in [2.75, 3.05) is 5.32 Å². The highest BCUT2D eigenvalue weighted by molar-refractivity contribution is 5.91. The normalized spacial score (nSPS) is 12.7. The highest BCUT2D eigenvalue weighted by atomic mass is 19.4. The van der Waals surface area contributed by atoms with Gasteiger partial charge in [0.25, 0.3) is 5.56 Å². The second kappa shape index (κ2) is 6.55. The average Bonchev–Trinajstić information content (AvgIpc) is 2.95. The van der Waals surface area contributed by atoms with E-state index in [4.69, 9.17) is 5.26 Å². The van der Waals surface area contributed by atoms with Crippen molar-refractivity contribution in [3.63, 3.8) is 0 Å². The van der Waals surface area contributed by atoms with E-state index in [2.05, 4.69) is 21.5 Å². The highest BCUT2D eigenvalue weighted by Gasteiger charge is 2.30. The number of benzene rings is 1. The number of rotatable bonds is 4. The van der Waals surface area contributed by atoms with Gasteiger partial charge >= 0.3 is 6.18 Å². The number of anilines is 2. The first kappa shape index (κ1) is 17.5. The van der Waals surface area contributed by atoms with Crippen molar-refractivity contribution in [2.45, 2.75) is 25.6 Å². The van der Waals surface area contributed by atoms with Crippen LogP contribution >= 0.6 is 0 Å². The SMILES string of the molecule is C[C@H](CC#N)n1nc(Nc2ccc(C(F)(F)F)cc2)c2c(=O)[nH]ccc21. The molecule has 0 radical (unpaired) electrons. The van der Waals surface area contributed by atoms with Crippen molar-refractivity contribution in [3.05, 3.63) is 52.4 Å². The number of nitrogens with one attached hydrogen (secondary N) is 2. The van der Waals surface area contributed by atoms with Crippen LogP contribution in [0.2, 0.25) is 0 Å². The summed E-state index contributed by atoms with van der Waals surface area (Å²) >= 11 is 0. The lowest BCUT2D eigenvalue weighted by Gasteiger charge is -2.09. The van der Waals surface area contributed by atoms with Gasteiger partial charge in [0.2, 0.25) is 0 Å². The molecule has 26 heavy (non-hydrogen) atoms. The smallest absolute Gasteiger partial charge is 0.338 e. The lowest BCUT2D eigenvalue weighted by atomic mass is 10.2. The van der Waals surface area contributed by atoms with Gasteiger partial charge < -0.3 is 10.3 Å². The third-order valence-electron chi connectivity index (χ3n) is 3.91. The molecule has 2 heterocycles. The molecule has 9 heteroatoms. The van der Waals surface area contributed by atoms with Crippen LogP contribution < -0.4 is 10.9 Å². The lowest BCUT2D eigenvalue weighted by Crippen LogP contribution is -2.08. The van der Waals surface area contributed by atoms with E-state index in [9.17, 15) is 18.0 Å². The van der Waals surface area contributed by atoms with Crippen LogP contribution in [0.5, 0.6) is 0 Å². The second-order valence-corrected chi connectivity index (χ2v) is 5.77. The third-order valence-corrected chi connectivity index (χ3v) is 3.91. The number of hydrogen-bond acceptors (Lipinski definition) is 4. The standard InChI is InChI=1S/C17H14F3N5O/c1-10(6-8-21)25-13-7-9-22-16(26)14(13)15(24-25)23-12-4-2-11(3-5-12)17(18,19)20/h2-5,7,9-10H,6H2,1H3,(H,22,26)(H,23,24)/t10-/m1/s1. The van der Waals surface area contributed by atoms with Gasteiger partial charge in [-0.05, 0) is 37.3 Å². The van der Waals surface area contributed by atoms with Crippen molar-refractivity contribution >= 4 is 22.4 Å². The quantitative estimate of drug-likeness (QED) is 0.736. The number of nitrogens with zero attached hydrogens (tertiary/aromatic N) is 3. The Balaban J connectivity index is 2.03. The van der Waals surface area contributed by atoms with E-state index in [0.29, 0.717) is 11.2 Å². The van der Waals surface area contributed by atoms with E-state index in [1.165, 1.54) is 18.3 Å². The predicted molar refractivity (Wildman–Crippen MR) is 90.0 cm³/mol. The zero-order valence-electron chi connectivity index (χ0n) is 13.6. The molecule has 2 aromatic heterocycles. The van der Waals surface area contributed by atoms with Crippen LogP contribution in [-0.4, -0.2) is 14.8 Å². The van der Waals surface area contributed by atoms with Crippen molar-refractivity contribution < 1.29 is 13.2 Å². The zero-order chi connectivity index (χ0) is 18.9. The molecular weight excluding hydrogens is 347 g/mol. The van der Waals surface area contributed by atoms with E-state index in [0.717, 1.165) is 12.1 Å². The van der Waals surface area contributed by atoms with Gasteiger partial charge in [0, 0.05) is 11.9 Å². The van der Waals surface area contributed by atoms with Gasteiger partial charge in [-0.2, -0.15) is 23.5 Å². The minimum atomic E-state index is -4.42. The molecule has 0 aliphatic heterocycles. The molecule has 3 rings (SSSR count). The van der Waals surface area contributed by atoms with Crippen LogP contribution in [-0.2, 0) is 6.18 Å². The maximum atomic E-state index is 12.7. The molecule has 0 spiro atoms. The molecular formula is C17H14F3N5O. The Bertz CT molecular complexity index is 1030. The minimum Gasteiger partial charge on any atom is -0.338 e. The molecule has 0 saturated heterocycles.